The highest BCUT2D eigenvalue weighted by Crippen LogP contribution is 2.39. The molecule has 0 spiro atoms. The largest absolute Gasteiger partial charge is 0.497 e. The minimum atomic E-state index is 0.200. The van der Waals surface area contributed by atoms with Gasteiger partial charge < -0.3 is 14.0 Å². The SMILES string of the molecule is COc1ccc(-c2c(C)ncnc2C)c(OCc2nc(C3CC3)no2)c1. The smallest absolute Gasteiger partial charge is 0.264 e. The summed E-state index contributed by atoms with van der Waals surface area (Å²) in [5.74, 6) is 3.07. The van der Waals surface area contributed by atoms with Gasteiger partial charge in [-0.05, 0) is 38.8 Å². The second kappa shape index (κ2) is 6.74. The van der Waals surface area contributed by atoms with Gasteiger partial charge >= 0.3 is 0 Å². The second-order valence-corrected chi connectivity index (χ2v) is 6.39. The Morgan fingerprint density at radius 3 is 2.62 bits per heavy atom. The summed E-state index contributed by atoms with van der Waals surface area (Å²) >= 11 is 0. The molecule has 3 aromatic rings. The fraction of sp³-hybridized carbons (Fsp3) is 0.368. The fourth-order valence-corrected chi connectivity index (χ4v) is 2.91. The Morgan fingerprint density at radius 1 is 1.15 bits per heavy atom. The molecule has 0 amide bonds. The van der Waals surface area contributed by atoms with Gasteiger partial charge in [-0.3, -0.25) is 0 Å². The summed E-state index contributed by atoms with van der Waals surface area (Å²) in [5.41, 5.74) is 3.64. The van der Waals surface area contributed by atoms with E-state index < -0.39 is 0 Å². The first-order valence-corrected chi connectivity index (χ1v) is 8.57. The van der Waals surface area contributed by atoms with Crippen LogP contribution in [0.4, 0.5) is 0 Å². The van der Waals surface area contributed by atoms with E-state index in [9.17, 15) is 0 Å². The molecule has 7 heteroatoms. The Kier molecular flexibility index (Phi) is 4.28. The molecular formula is C19H20N4O3. The quantitative estimate of drug-likeness (QED) is 0.670. The molecule has 0 saturated heterocycles. The molecular weight excluding hydrogens is 332 g/mol. The molecule has 0 N–H and O–H groups in total. The number of methoxy groups -OCH3 is 1. The van der Waals surface area contributed by atoms with Gasteiger partial charge in [0.25, 0.3) is 5.89 Å². The maximum absolute atomic E-state index is 6.01. The van der Waals surface area contributed by atoms with Gasteiger partial charge in [0.1, 0.15) is 17.8 Å². The molecule has 26 heavy (non-hydrogen) atoms. The summed E-state index contributed by atoms with van der Waals surface area (Å²) in [7, 11) is 1.63. The normalized spacial score (nSPS) is 13.7. The van der Waals surface area contributed by atoms with Crippen LogP contribution >= 0.6 is 0 Å². The molecule has 2 heterocycles. The minimum Gasteiger partial charge on any atom is -0.497 e. The molecule has 1 saturated carbocycles. The van der Waals surface area contributed by atoms with Crippen molar-refractivity contribution in [2.75, 3.05) is 7.11 Å². The molecule has 1 aliphatic rings. The number of aromatic nitrogens is 4. The zero-order valence-electron chi connectivity index (χ0n) is 15.0. The summed E-state index contributed by atoms with van der Waals surface area (Å²) in [4.78, 5) is 13.0. The number of aryl methyl sites for hydroxylation is 2. The van der Waals surface area contributed by atoms with Gasteiger partial charge in [-0.2, -0.15) is 4.98 Å². The molecule has 0 atom stereocenters. The highest BCUT2D eigenvalue weighted by atomic mass is 16.5. The van der Waals surface area contributed by atoms with Crippen LogP contribution in [-0.2, 0) is 6.61 Å². The van der Waals surface area contributed by atoms with Crippen molar-refractivity contribution >= 4 is 0 Å². The lowest BCUT2D eigenvalue weighted by molar-refractivity contribution is 0.242. The maximum Gasteiger partial charge on any atom is 0.264 e. The summed E-state index contributed by atoms with van der Waals surface area (Å²) in [6.45, 7) is 4.11. The van der Waals surface area contributed by atoms with Gasteiger partial charge in [-0.1, -0.05) is 5.16 Å². The van der Waals surface area contributed by atoms with Gasteiger partial charge in [0.2, 0.25) is 0 Å². The Bertz CT molecular complexity index is 914. The predicted octanol–water partition coefficient (Wildman–Crippen LogP) is 3.61. The average molecular weight is 352 g/mol. The van der Waals surface area contributed by atoms with Crippen LogP contribution in [0.5, 0.6) is 11.5 Å². The number of hydrogen-bond donors (Lipinski definition) is 0. The third kappa shape index (κ3) is 3.24. The lowest BCUT2D eigenvalue weighted by Gasteiger charge is -2.14. The van der Waals surface area contributed by atoms with Crippen molar-refractivity contribution in [2.24, 2.45) is 0 Å². The van der Waals surface area contributed by atoms with E-state index in [-0.39, 0.29) is 6.61 Å². The summed E-state index contributed by atoms with van der Waals surface area (Å²) in [6, 6.07) is 5.70. The lowest BCUT2D eigenvalue weighted by Crippen LogP contribution is -2.01. The van der Waals surface area contributed by atoms with Crippen LogP contribution < -0.4 is 9.47 Å². The van der Waals surface area contributed by atoms with E-state index in [1.165, 1.54) is 0 Å². The van der Waals surface area contributed by atoms with Gasteiger partial charge in [0.15, 0.2) is 12.4 Å². The second-order valence-electron chi connectivity index (χ2n) is 6.39. The zero-order chi connectivity index (χ0) is 18.1. The molecule has 1 fully saturated rings. The number of ether oxygens (including phenoxy) is 2. The van der Waals surface area contributed by atoms with E-state index in [2.05, 4.69) is 20.1 Å². The summed E-state index contributed by atoms with van der Waals surface area (Å²) < 4.78 is 16.6. The first-order chi connectivity index (χ1) is 12.7. The Labute approximate surface area is 151 Å². The molecule has 1 aliphatic carbocycles. The maximum atomic E-state index is 6.01. The van der Waals surface area contributed by atoms with E-state index in [1.54, 1.807) is 13.4 Å². The molecule has 4 rings (SSSR count). The van der Waals surface area contributed by atoms with E-state index in [0.29, 0.717) is 23.3 Å². The Hall–Kier alpha value is -2.96. The number of hydrogen-bond acceptors (Lipinski definition) is 7. The number of rotatable bonds is 6. The van der Waals surface area contributed by atoms with Crippen LogP contribution in [0.1, 0.15) is 41.9 Å². The first-order valence-electron chi connectivity index (χ1n) is 8.57. The topological polar surface area (TPSA) is 83.2 Å². The molecule has 0 unspecified atom stereocenters. The molecule has 0 radical (unpaired) electrons. The van der Waals surface area contributed by atoms with Crippen LogP contribution in [0.2, 0.25) is 0 Å². The molecule has 134 valence electrons. The standard InChI is InChI=1S/C19H20N4O3/c1-11-18(12(2)21-10-20-11)15-7-6-14(24-3)8-16(15)25-9-17-22-19(23-26-17)13-4-5-13/h6-8,10,13H,4-5,9H2,1-3H3. The number of benzene rings is 1. The highest BCUT2D eigenvalue weighted by Gasteiger charge is 2.28. The molecule has 1 aromatic carbocycles. The predicted molar refractivity (Wildman–Crippen MR) is 94.1 cm³/mol. The van der Waals surface area contributed by atoms with Crippen LogP contribution in [0.25, 0.3) is 11.1 Å². The van der Waals surface area contributed by atoms with Crippen LogP contribution in [0.15, 0.2) is 29.0 Å². The highest BCUT2D eigenvalue weighted by molar-refractivity contribution is 5.74. The van der Waals surface area contributed by atoms with E-state index in [0.717, 1.165) is 41.2 Å². The van der Waals surface area contributed by atoms with E-state index in [1.807, 2.05) is 32.0 Å². The fourth-order valence-electron chi connectivity index (χ4n) is 2.91. The van der Waals surface area contributed by atoms with Crippen molar-refractivity contribution in [3.05, 3.63) is 47.6 Å². The third-order valence-electron chi connectivity index (χ3n) is 4.46. The van der Waals surface area contributed by atoms with Gasteiger partial charge in [-0.15, -0.1) is 0 Å². The average Bonchev–Trinajstić information content (AvgIpc) is 3.39. The molecule has 7 nitrogen and oxygen atoms in total. The van der Waals surface area contributed by atoms with Crippen LogP contribution in [0, 0.1) is 13.8 Å². The first kappa shape index (κ1) is 16.5. The van der Waals surface area contributed by atoms with Crippen LogP contribution in [-0.4, -0.2) is 27.2 Å². The molecule has 0 aliphatic heterocycles. The molecule has 0 bridgehead atoms. The van der Waals surface area contributed by atoms with E-state index >= 15 is 0 Å². The summed E-state index contributed by atoms with van der Waals surface area (Å²) in [6.07, 6.45) is 3.83. The Morgan fingerprint density at radius 2 is 1.92 bits per heavy atom. The third-order valence-corrected chi connectivity index (χ3v) is 4.46. The van der Waals surface area contributed by atoms with Crippen molar-refractivity contribution in [3.63, 3.8) is 0 Å². The molecule has 2 aromatic heterocycles. The van der Waals surface area contributed by atoms with Crippen molar-refractivity contribution in [3.8, 4) is 22.6 Å². The minimum absolute atomic E-state index is 0.200. The van der Waals surface area contributed by atoms with Crippen molar-refractivity contribution in [1.29, 1.82) is 0 Å². The van der Waals surface area contributed by atoms with Crippen molar-refractivity contribution in [1.82, 2.24) is 20.1 Å². The zero-order valence-corrected chi connectivity index (χ0v) is 15.0. The number of nitrogens with zero attached hydrogens (tertiary/aromatic N) is 4. The van der Waals surface area contributed by atoms with Gasteiger partial charge in [0, 0.05) is 34.5 Å². The monoisotopic (exact) mass is 352 g/mol. The van der Waals surface area contributed by atoms with Crippen molar-refractivity contribution < 1.29 is 14.0 Å². The summed E-state index contributed by atoms with van der Waals surface area (Å²) in [5, 5.41) is 4.02. The van der Waals surface area contributed by atoms with Crippen molar-refractivity contribution in [2.45, 2.75) is 39.2 Å². The Balaban J connectivity index is 1.64. The van der Waals surface area contributed by atoms with Gasteiger partial charge in [-0.25, -0.2) is 9.97 Å². The van der Waals surface area contributed by atoms with Crippen LogP contribution in [0.3, 0.4) is 0 Å². The van der Waals surface area contributed by atoms with Gasteiger partial charge in [0.05, 0.1) is 7.11 Å². The lowest BCUT2D eigenvalue weighted by atomic mass is 10.0. The van der Waals surface area contributed by atoms with E-state index in [4.69, 9.17) is 14.0 Å².